The van der Waals surface area contributed by atoms with Gasteiger partial charge in [-0.15, -0.1) is 11.3 Å². The van der Waals surface area contributed by atoms with Crippen LogP contribution in [0.5, 0.6) is 5.75 Å². The number of aryl methyl sites for hydroxylation is 1. The number of primary amides is 1. The lowest BCUT2D eigenvalue weighted by Crippen LogP contribution is -2.41. The summed E-state index contributed by atoms with van der Waals surface area (Å²) in [6.07, 6.45) is 1.27. The summed E-state index contributed by atoms with van der Waals surface area (Å²) < 4.78 is 6.14. The zero-order chi connectivity index (χ0) is 14.9. The van der Waals surface area contributed by atoms with E-state index in [1.54, 1.807) is 12.0 Å². The topological polar surface area (TPSA) is 72.6 Å². The Kier molecular flexibility index (Phi) is 4.70. The van der Waals surface area contributed by atoms with Gasteiger partial charge < -0.3 is 15.4 Å². The molecule has 1 aliphatic heterocycles. The first-order valence-electron chi connectivity index (χ1n) is 6.37. The summed E-state index contributed by atoms with van der Waals surface area (Å²) in [5.41, 5.74) is 5.30. The molecule has 1 aromatic heterocycles. The van der Waals surface area contributed by atoms with E-state index in [0.29, 0.717) is 36.6 Å². The number of rotatable bonds is 3. The Hall–Kier alpha value is -1.08. The number of thiophene rings is 1. The van der Waals surface area contributed by atoms with Crippen molar-refractivity contribution < 1.29 is 14.3 Å². The van der Waals surface area contributed by atoms with Crippen molar-refractivity contribution in [1.82, 2.24) is 4.90 Å². The van der Waals surface area contributed by atoms with Crippen LogP contribution in [0.1, 0.15) is 27.4 Å². The molecular weight excluding hydrogens is 344 g/mol. The van der Waals surface area contributed by atoms with Crippen molar-refractivity contribution in [3.63, 3.8) is 0 Å². The molecule has 0 bridgehead atoms. The second-order valence-electron chi connectivity index (χ2n) is 4.80. The number of nitrogens with two attached hydrogens (primary N) is 1. The number of carbonyl (C=O) groups is 2. The highest BCUT2D eigenvalue weighted by atomic mass is 79.9. The third-order valence-electron chi connectivity index (χ3n) is 3.55. The van der Waals surface area contributed by atoms with Gasteiger partial charge in [0, 0.05) is 23.9 Å². The molecule has 0 saturated carbocycles. The van der Waals surface area contributed by atoms with Crippen molar-refractivity contribution in [2.24, 2.45) is 11.7 Å². The molecule has 0 aliphatic carbocycles. The fourth-order valence-corrected chi connectivity index (χ4v) is 4.05. The maximum Gasteiger partial charge on any atom is 0.267 e. The number of hydrogen-bond acceptors (Lipinski definition) is 4. The lowest BCUT2D eigenvalue weighted by Gasteiger charge is -2.30. The maximum absolute atomic E-state index is 12.5. The zero-order valence-electron chi connectivity index (χ0n) is 11.4. The third kappa shape index (κ3) is 2.83. The summed E-state index contributed by atoms with van der Waals surface area (Å²) in [5, 5.41) is 0. The molecular formula is C13H17BrN2O3S. The number of nitrogens with zero attached hydrogens (tertiary/aromatic N) is 1. The molecule has 2 rings (SSSR count). The molecule has 1 saturated heterocycles. The standard InChI is InChI=1S/C13H17BrN2O3S/c1-7-9(14)10(19-2)11(20-7)13(18)16-5-3-8(4-6-16)12(15)17/h8H,3-6H2,1-2H3,(H2,15,17). The summed E-state index contributed by atoms with van der Waals surface area (Å²) in [6, 6.07) is 0. The predicted molar refractivity (Wildman–Crippen MR) is 81.1 cm³/mol. The number of halogens is 1. The van der Waals surface area contributed by atoms with Gasteiger partial charge in [0.05, 0.1) is 11.6 Å². The number of likely N-dealkylation sites (tertiary alicyclic amines) is 1. The normalized spacial score (nSPS) is 16.2. The van der Waals surface area contributed by atoms with Gasteiger partial charge in [-0.25, -0.2) is 0 Å². The van der Waals surface area contributed by atoms with Crippen LogP contribution in [0.2, 0.25) is 0 Å². The summed E-state index contributed by atoms with van der Waals surface area (Å²) in [6.45, 7) is 3.06. The molecule has 5 nitrogen and oxygen atoms in total. The quantitative estimate of drug-likeness (QED) is 0.897. The van der Waals surface area contributed by atoms with E-state index < -0.39 is 0 Å². The molecule has 20 heavy (non-hydrogen) atoms. The molecule has 2 heterocycles. The molecule has 0 atom stereocenters. The van der Waals surface area contributed by atoms with Crippen molar-refractivity contribution in [3.8, 4) is 5.75 Å². The molecule has 0 aromatic carbocycles. The fraction of sp³-hybridized carbons (Fsp3) is 0.538. The van der Waals surface area contributed by atoms with E-state index in [1.165, 1.54) is 11.3 Å². The van der Waals surface area contributed by atoms with Crippen molar-refractivity contribution in [2.75, 3.05) is 20.2 Å². The van der Waals surface area contributed by atoms with Crippen LogP contribution in [0.4, 0.5) is 0 Å². The molecule has 0 spiro atoms. The Morgan fingerprint density at radius 2 is 2.00 bits per heavy atom. The van der Waals surface area contributed by atoms with Gasteiger partial charge in [-0.05, 0) is 35.7 Å². The first kappa shape index (κ1) is 15.3. The summed E-state index contributed by atoms with van der Waals surface area (Å²) in [7, 11) is 1.56. The van der Waals surface area contributed by atoms with Gasteiger partial charge in [-0.3, -0.25) is 9.59 Å². The minimum absolute atomic E-state index is 0.0384. The van der Waals surface area contributed by atoms with Gasteiger partial charge >= 0.3 is 0 Å². The summed E-state index contributed by atoms with van der Waals surface area (Å²) >= 11 is 4.86. The Balaban J connectivity index is 2.13. The van der Waals surface area contributed by atoms with Gasteiger partial charge in [0.2, 0.25) is 5.91 Å². The minimum Gasteiger partial charge on any atom is -0.494 e. The number of amides is 2. The van der Waals surface area contributed by atoms with E-state index in [-0.39, 0.29) is 17.7 Å². The van der Waals surface area contributed by atoms with Crippen LogP contribution in [0, 0.1) is 12.8 Å². The van der Waals surface area contributed by atoms with Gasteiger partial charge in [0.25, 0.3) is 5.91 Å². The fourth-order valence-electron chi connectivity index (χ4n) is 2.34. The zero-order valence-corrected chi connectivity index (χ0v) is 13.8. The van der Waals surface area contributed by atoms with Crippen LogP contribution in [0.15, 0.2) is 4.47 Å². The number of piperidine rings is 1. The Bertz CT molecular complexity index is 536. The first-order chi connectivity index (χ1) is 9.45. The van der Waals surface area contributed by atoms with E-state index in [9.17, 15) is 9.59 Å². The molecule has 0 unspecified atom stereocenters. The molecule has 7 heteroatoms. The van der Waals surface area contributed by atoms with Crippen LogP contribution in [0.25, 0.3) is 0 Å². The van der Waals surface area contributed by atoms with Crippen molar-refractivity contribution in [1.29, 1.82) is 0 Å². The first-order valence-corrected chi connectivity index (χ1v) is 7.98. The number of carbonyl (C=O) groups excluding carboxylic acids is 2. The van der Waals surface area contributed by atoms with E-state index >= 15 is 0 Å². The van der Waals surface area contributed by atoms with Crippen LogP contribution in [0.3, 0.4) is 0 Å². The van der Waals surface area contributed by atoms with Crippen molar-refractivity contribution in [2.45, 2.75) is 19.8 Å². The second-order valence-corrected chi connectivity index (χ2v) is 6.82. The Morgan fingerprint density at radius 3 is 2.50 bits per heavy atom. The molecule has 110 valence electrons. The van der Waals surface area contributed by atoms with Gasteiger partial charge in [0.1, 0.15) is 4.88 Å². The molecule has 0 radical (unpaired) electrons. The maximum atomic E-state index is 12.5. The largest absolute Gasteiger partial charge is 0.494 e. The predicted octanol–water partition coefficient (Wildman–Crippen LogP) is 2.17. The average Bonchev–Trinajstić information content (AvgIpc) is 2.73. The van der Waals surface area contributed by atoms with Crippen LogP contribution in [-0.4, -0.2) is 36.9 Å². The van der Waals surface area contributed by atoms with Gasteiger partial charge in [-0.2, -0.15) is 0 Å². The lowest BCUT2D eigenvalue weighted by molar-refractivity contribution is -0.123. The SMILES string of the molecule is COc1c(C(=O)N2CCC(C(N)=O)CC2)sc(C)c1Br. The molecule has 2 amide bonds. The van der Waals surface area contributed by atoms with Crippen molar-refractivity contribution in [3.05, 3.63) is 14.2 Å². The van der Waals surface area contributed by atoms with E-state index in [1.807, 2.05) is 6.92 Å². The number of methoxy groups -OCH3 is 1. The molecule has 2 N–H and O–H groups in total. The monoisotopic (exact) mass is 360 g/mol. The highest BCUT2D eigenvalue weighted by molar-refractivity contribution is 9.10. The summed E-state index contributed by atoms with van der Waals surface area (Å²) in [5.74, 6) is 0.167. The molecule has 1 aliphatic rings. The van der Waals surface area contributed by atoms with E-state index in [0.717, 1.165) is 9.35 Å². The average molecular weight is 361 g/mol. The van der Waals surface area contributed by atoms with E-state index in [4.69, 9.17) is 10.5 Å². The second kappa shape index (κ2) is 6.13. The van der Waals surface area contributed by atoms with Crippen LogP contribution >= 0.6 is 27.3 Å². The Labute approximate surface area is 130 Å². The van der Waals surface area contributed by atoms with Crippen LogP contribution in [-0.2, 0) is 4.79 Å². The minimum atomic E-state index is -0.274. The third-order valence-corrected chi connectivity index (χ3v) is 5.84. The van der Waals surface area contributed by atoms with Crippen LogP contribution < -0.4 is 10.5 Å². The Morgan fingerprint density at radius 1 is 1.40 bits per heavy atom. The van der Waals surface area contributed by atoms with E-state index in [2.05, 4.69) is 15.9 Å². The van der Waals surface area contributed by atoms with Crippen molar-refractivity contribution >= 4 is 39.1 Å². The number of ether oxygens (including phenoxy) is 1. The molecule has 1 aromatic rings. The lowest BCUT2D eigenvalue weighted by atomic mass is 9.96. The van der Waals surface area contributed by atoms with Gasteiger partial charge in [0.15, 0.2) is 5.75 Å². The number of hydrogen-bond donors (Lipinski definition) is 1. The van der Waals surface area contributed by atoms with Gasteiger partial charge in [-0.1, -0.05) is 0 Å². The summed E-state index contributed by atoms with van der Waals surface area (Å²) in [4.78, 5) is 27.1. The highest BCUT2D eigenvalue weighted by Crippen LogP contribution is 2.40. The molecule has 1 fully saturated rings. The highest BCUT2D eigenvalue weighted by Gasteiger charge is 2.30. The smallest absolute Gasteiger partial charge is 0.267 e.